The monoisotopic (exact) mass is 314 g/mol. The van der Waals surface area contributed by atoms with Crippen LogP contribution in [0.15, 0.2) is 18.6 Å². The number of rotatable bonds is 4. The maximum atomic E-state index is 5.17. The van der Waals surface area contributed by atoms with Crippen LogP contribution in [-0.2, 0) is 6.42 Å². The van der Waals surface area contributed by atoms with Gasteiger partial charge in [-0.1, -0.05) is 6.92 Å². The Bertz CT molecular complexity index is 669. The Balaban J connectivity index is 1.72. The Morgan fingerprint density at radius 3 is 2.52 bits per heavy atom. The number of aromatic nitrogens is 4. The second-order valence-corrected chi connectivity index (χ2v) is 5.49. The number of methoxy groups -OCH3 is 1. The van der Waals surface area contributed by atoms with Crippen molar-refractivity contribution in [3.63, 3.8) is 0 Å². The minimum atomic E-state index is 0.595. The predicted molar refractivity (Wildman–Crippen MR) is 89.2 cm³/mol. The molecular weight excluding hydrogens is 292 g/mol. The predicted octanol–water partition coefficient (Wildman–Crippen LogP) is 1.47. The van der Waals surface area contributed by atoms with Gasteiger partial charge >= 0.3 is 0 Å². The summed E-state index contributed by atoms with van der Waals surface area (Å²) in [5, 5.41) is 0. The molecule has 2 aromatic heterocycles. The molecule has 3 rings (SSSR count). The molecule has 0 N–H and O–H groups in total. The molecule has 1 saturated heterocycles. The molecule has 0 amide bonds. The molecule has 7 nitrogen and oxygen atoms in total. The topological polar surface area (TPSA) is 67.3 Å². The third-order valence-electron chi connectivity index (χ3n) is 4.18. The summed E-state index contributed by atoms with van der Waals surface area (Å²) in [7, 11) is 1.62. The molecule has 2 aromatic rings. The highest BCUT2D eigenvalue weighted by atomic mass is 16.5. The first kappa shape index (κ1) is 15.5. The number of nitrogens with zero attached hydrogens (tertiary/aromatic N) is 6. The fourth-order valence-electron chi connectivity index (χ4n) is 2.89. The highest BCUT2D eigenvalue weighted by Gasteiger charge is 2.22. The Morgan fingerprint density at radius 1 is 1.09 bits per heavy atom. The van der Waals surface area contributed by atoms with Crippen LogP contribution in [0.25, 0.3) is 0 Å². The first-order valence-electron chi connectivity index (χ1n) is 7.90. The quantitative estimate of drug-likeness (QED) is 0.846. The van der Waals surface area contributed by atoms with Crippen LogP contribution in [0.5, 0.6) is 5.88 Å². The van der Waals surface area contributed by atoms with Crippen LogP contribution in [0.1, 0.15) is 18.2 Å². The molecule has 1 aliphatic heterocycles. The smallest absolute Gasteiger partial charge is 0.228 e. The van der Waals surface area contributed by atoms with Crippen LogP contribution in [0.3, 0.4) is 0 Å². The molecule has 7 heteroatoms. The Kier molecular flexibility index (Phi) is 4.55. The zero-order valence-electron chi connectivity index (χ0n) is 13.9. The summed E-state index contributed by atoms with van der Waals surface area (Å²) in [6, 6.07) is 1.76. The van der Waals surface area contributed by atoms with E-state index >= 15 is 0 Å². The molecule has 0 radical (unpaired) electrons. The Hall–Kier alpha value is -2.44. The van der Waals surface area contributed by atoms with Gasteiger partial charge in [-0.3, -0.25) is 0 Å². The maximum Gasteiger partial charge on any atom is 0.228 e. The van der Waals surface area contributed by atoms with Crippen LogP contribution in [0, 0.1) is 6.92 Å². The molecule has 1 fully saturated rings. The largest absolute Gasteiger partial charge is 0.481 e. The Labute approximate surface area is 136 Å². The van der Waals surface area contributed by atoms with E-state index in [9.17, 15) is 0 Å². The fourth-order valence-corrected chi connectivity index (χ4v) is 2.89. The molecule has 3 heterocycles. The first-order chi connectivity index (χ1) is 11.2. The lowest BCUT2D eigenvalue weighted by Crippen LogP contribution is -2.47. The van der Waals surface area contributed by atoms with Gasteiger partial charge in [0.05, 0.1) is 7.11 Å². The summed E-state index contributed by atoms with van der Waals surface area (Å²) in [5.74, 6) is 2.38. The SMILES string of the molecule is CCc1c(C)ncnc1N1CCN(c2nccc(OC)n2)CC1. The molecular formula is C16H22N6O. The first-order valence-corrected chi connectivity index (χ1v) is 7.90. The van der Waals surface area contributed by atoms with E-state index in [0.29, 0.717) is 5.88 Å². The standard InChI is InChI=1S/C16H22N6O/c1-4-13-12(2)18-11-19-15(13)21-7-9-22(10-8-21)16-17-6-5-14(20-16)23-3/h5-6,11H,4,7-10H2,1-3H3. The maximum absolute atomic E-state index is 5.17. The van der Waals surface area contributed by atoms with Crippen molar-refractivity contribution in [1.82, 2.24) is 19.9 Å². The van der Waals surface area contributed by atoms with E-state index in [1.54, 1.807) is 25.7 Å². The van der Waals surface area contributed by atoms with Gasteiger partial charge in [0.25, 0.3) is 0 Å². The summed E-state index contributed by atoms with van der Waals surface area (Å²) in [5.41, 5.74) is 2.30. The second kappa shape index (κ2) is 6.76. The Morgan fingerprint density at radius 2 is 1.83 bits per heavy atom. The minimum absolute atomic E-state index is 0.595. The van der Waals surface area contributed by atoms with E-state index in [-0.39, 0.29) is 0 Å². The molecule has 0 aromatic carbocycles. The van der Waals surface area contributed by atoms with Crippen molar-refractivity contribution in [3.8, 4) is 5.88 Å². The third kappa shape index (κ3) is 3.18. The van der Waals surface area contributed by atoms with Crippen LogP contribution in [0.2, 0.25) is 0 Å². The summed E-state index contributed by atoms with van der Waals surface area (Å²) in [6.07, 6.45) is 4.33. The van der Waals surface area contributed by atoms with Gasteiger partial charge in [0.2, 0.25) is 11.8 Å². The van der Waals surface area contributed by atoms with Gasteiger partial charge in [-0.25, -0.2) is 15.0 Å². The molecule has 0 saturated carbocycles. The van der Waals surface area contributed by atoms with Crippen molar-refractivity contribution in [2.75, 3.05) is 43.1 Å². The van der Waals surface area contributed by atoms with Gasteiger partial charge in [-0.2, -0.15) is 4.98 Å². The van der Waals surface area contributed by atoms with Crippen LogP contribution >= 0.6 is 0 Å². The van der Waals surface area contributed by atoms with E-state index in [0.717, 1.165) is 50.1 Å². The van der Waals surface area contributed by atoms with E-state index in [1.807, 2.05) is 6.92 Å². The van der Waals surface area contributed by atoms with Crippen LogP contribution < -0.4 is 14.5 Å². The van der Waals surface area contributed by atoms with E-state index in [4.69, 9.17) is 4.74 Å². The summed E-state index contributed by atoms with van der Waals surface area (Å²) >= 11 is 0. The molecule has 0 bridgehead atoms. The average molecular weight is 314 g/mol. The highest BCUT2D eigenvalue weighted by molar-refractivity contribution is 5.50. The van der Waals surface area contributed by atoms with Gasteiger partial charge in [0.15, 0.2) is 0 Å². The molecule has 0 aliphatic carbocycles. The summed E-state index contributed by atoms with van der Waals surface area (Å²) in [4.78, 5) is 22.1. The molecule has 0 spiro atoms. The zero-order chi connectivity index (χ0) is 16.2. The molecule has 122 valence electrons. The number of hydrogen-bond donors (Lipinski definition) is 0. The zero-order valence-corrected chi connectivity index (χ0v) is 13.9. The van der Waals surface area contributed by atoms with Crippen molar-refractivity contribution >= 4 is 11.8 Å². The van der Waals surface area contributed by atoms with E-state index in [1.165, 1.54) is 5.56 Å². The van der Waals surface area contributed by atoms with Gasteiger partial charge in [-0.05, 0) is 13.3 Å². The number of anilines is 2. The normalized spacial score (nSPS) is 14.9. The number of aryl methyl sites for hydroxylation is 1. The molecule has 0 unspecified atom stereocenters. The second-order valence-electron chi connectivity index (χ2n) is 5.49. The van der Waals surface area contributed by atoms with Crippen LogP contribution in [0.4, 0.5) is 11.8 Å². The van der Waals surface area contributed by atoms with Gasteiger partial charge in [-0.15, -0.1) is 0 Å². The lowest BCUT2D eigenvalue weighted by molar-refractivity contribution is 0.396. The van der Waals surface area contributed by atoms with Gasteiger partial charge < -0.3 is 14.5 Å². The van der Waals surface area contributed by atoms with Crippen molar-refractivity contribution < 1.29 is 4.74 Å². The number of piperazine rings is 1. The summed E-state index contributed by atoms with van der Waals surface area (Å²) in [6.45, 7) is 7.70. The van der Waals surface area contributed by atoms with E-state index < -0.39 is 0 Å². The van der Waals surface area contributed by atoms with Crippen LogP contribution in [-0.4, -0.2) is 53.2 Å². The van der Waals surface area contributed by atoms with Gasteiger partial charge in [0, 0.05) is 49.7 Å². The minimum Gasteiger partial charge on any atom is -0.481 e. The molecule has 0 atom stereocenters. The molecule has 23 heavy (non-hydrogen) atoms. The highest BCUT2D eigenvalue weighted by Crippen LogP contribution is 2.22. The van der Waals surface area contributed by atoms with Crippen molar-refractivity contribution in [2.45, 2.75) is 20.3 Å². The molecule has 1 aliphatic rings. The lowest BCUT2D eigenvalue weighted by Gasteiger charge is -2.36. The van der Waals surface area contributed by atoms with Crippen molar-refractivity contribution in [2.24, 2.45) is 0 Å². The number of hydrogen-bond acceptors (Lipinski definition) is 7. The van der Waals surface area contributed by atoms with Crippen molar-refractivity contribution in [1.29, 1.82) is 0 Å². The third-order valence-corrected chi connectivity index (χ3v) is 4.18. The lowest BCUT2D eigenvalue weighted by atomic mass is 10.1. The number of ether oxygens (including phenoxy) is 1. The fraction of sp³-hybridized carbons (Fsp3) is 0.500. The average Bonchev–Trinajstić information content (AvgIpc) is 2.61. The van der Waals surface area contributed by atoms with Gasteiger partial charge in [0.1, 0.15) is 12.1 Å². The summed E-state index contributed by atoms with van der Waals surface area (Å²) < 4.78 is 5.17. The van der Waals surface area contributed by atoms with Crippen molar-refractivity contribution in [3.05, 3.63) is 29.8 Å². The van der Waals surface area contributed by atoms with E-state index in [2.05, 4.69) is 36.7 Å².